The molecule has 69 heavy (non-hydrogen) atoms. The first-order chi connectivity index (χ1) is 32.8. The number of nitrogen functional groups attached to an aromatic ring is 2. The van der Waals surface area contributed by atoms with Crippen molar-refractivity contribution in [3.05, 3.63) is 101 Å². The molecular weight excluding hydrogens is 922 g/mol. The first kappa shape index (κ1) is 49.8. The number of nitrogens with two attached hydrogens (primary N) is 2. The van der Waals surface area contributed by atoms with Crippen LogP contribution >= 0.6 is 23.5 Å². The summed E-state index contributed by atoms with van der Waals surface area (Å²) >= 11 is 3.21. The molecule has 0 aliphatic heterocycles. The average Bonchev–Trinajstić information content (AvgIpc) is 3.51. The number of benzene rings is 2. The number of rotatable bonds is 17. The van der Waals surface area contributed by atoms with E-state index in [9.17, 15) is 34.5 Å². The summed E-state index contributed by atoms with van der Waals surface area (Å²) in [4.78, 5) is 70.2. The number of carbonyl (C=O) groups is 4. The number of aromatic nitrogens is 4. The number of nitrogens with zero attached hydrogens (tertiary/aromatic N) is 5. The number of aliphatic hydroxyl groups is 2. The van der Waals surface area contributed by atoms with Crippen LogP contribution in [0.25, 0.3) is 11.2 Å². The number of anilines is 3. The van der Waals surface area contributed by atoms with E-state index in [1.807, 2.05) is 44.0 Å². The maximum absolute atomic E-state index is 17.5. The molecule has 3 fully saturated rings. The van der Waals surface area contributed by atoms with Crippen molar-refractivity contribution in [2.75, 3.05) is 41.5 Å². The quantitative estimate of drug-likeness (QED) is 0.0652. The molecule has 19 heteroatoms. The maximum Gasteiger partial charge on any atom is 0.326 e. The van der Waals surface area contributed by atoms with Gasteiger partial charge < -0.3 is 42.3 Å². The Morgan fingerprint density at radius 3 is 2.43 bits per heavy atom. The van der Waals surface area contributed by atoms with E-state index >= 15 is 4.39 Å². The number of fused-ring (bicyclic) bond motifs is 6. The van der Waals surface area contributed by atoms with Crippen molar-refractivity contribution in [2.24, 2.45) is 28.6 Å². The number of thioether (sulfide) groups is 2. The number of alkyl halides is 1. The van der Waals surface area contributed by atoms with Gasteiger partial charge in [0.2, 0.25) is 5.95 Å². The molecule has 0 radical (unpaired) electrons. The van der Waals surface area contributed by atoms with Crippen molar-refractivity contribution in [2.45, 2.75) is 94.3 Å². The van der Waals surface area contributed by atoms with Crippen molar-refractivity contribution in [3.63, 3.8) is 0 Å². The molecule has 9 atom stereocenters. The molecule has 3 saturated carbocycles. The van der Waals surface area contributed by atoms with Crippen LogP contribution in [0.5, 0.6) is 0 Å². The van der Waals surface area contributed by atoms with E-state index in [2.05, 4.69) is 36.6 Å². The molecule has 4 aromatic rings. The predicted molar refractivity (Wildman–Crippen MR) is 266 cm³/mol. The summed E-state index contributed by atoms with van der Waals surface area (Å²) in [6.07, 6.45) is 6.20. The second-order valence-electron chi connectivity index (χ2n) is 19.4. The maximum atomic E-state index is 17.5. The van der Waals surface area contributed by atoms with Crippen LogP contribution in [0.15, 0.2) is 78.5 Å². The van der Waals surface area contributed by atoms with E-state index in [0.717, 1.165) is 16.8 Å². The first-order valence-electron chi connectivity index (χ1n) is 23.2. The second kappa shape index (κ2) is 19.6. The van der Waals surface area contributed by atoms with E-state index in [1.54, 1.807) is 67.0 Å². The SMILES string of the molecule is C[C@@H]1CC2C3CCC4=CC(=O)C=C[C@]4(C)C3(F)C(O)C[C@]2(C)[C@@]1(O)C(=O)NCCSCc1cccc(CSCCC(NC(=O)c2ccc(N(C)Cc3cnc4nc(N)nc(N)c4n3)cc2)C(=O)O)c1. The van der Waals surface area contributed by atoms with Gasteiger partial charge in [0, 0.05) is 58.8 Å². The Kier molecular flexibility index (Phi) is 14.2. The Balaban J connectivity index is 0.768. The highest BCUT2D eigenvalue weighted by Gasteiger charge is 2.75. The summed E-state index contributed by atoms with van der Waals surface area (Å²) < 4.78 is 17.5. The van der Waals surface area contributed by atoms with Gasteiger partial charge in [0.25, 0.3) is 11.8 Å². The smallest absolute Gasteiger partial charge is 0.326 e. The number of carboxylic acids is 1. The van der Waals surface area contributed by atoms with Gasteiger partial charge in [-0.2, -0.15) is 33.5 Å². The standard InChI is InChI=1S/C50H60FN9O7S2/c1-28-20-37-36-13-10-32-22-35(61)14-16-47(32,2)49(36,51)39(62)23-48(37,3)50(28,67)45(66)54-17-19-69-27-30-7-5-6-29(21-30)26-68-18-15-38(44(64)65)57-43(63)31-8-11-34(12-9-31)60(4)25-33-24-55-42-40(56-33)41(52)58-46(53)59-42/h5-9,11-12,14,16,21-22,24,28,36-39,62,67H,10,13,15,17-20,23,25-27H2,1-4H3,(H,54,66)(H,57,63)(H,64,65)(H4,52,53,55,58,59)/t28-,36?,37?,38?,39?,47+,48+,49?,50+/m1/s1. The molecule has 9 N–H and O–H groups in total. The highest BCUT2D eigenvalue weighted by atomic mass is 32.2. The number of aliphatic carboxylic acids is 1. The molecule has 0 bridgehead atoms. The average molecular weight is 982 g/mol. The Hall–Kier alpha value is -5.63. The van der Waals surface area contributed by atoms with Crippen molar-refractivity contribution in [1.29, 1.82) is 0 Å². The molecule has 2 amide bonds. The van der Waals surface area contributed by atoms with E-state index in [0.29, 0.717) is 83.4 Å². The summed E-state index contributed by atoms with van der Waals surface area (Å²) in [6.45, 7) is 6.12. The zero-order chi connectivity index (χ0) is 49.5. The van der Waals surface area contributed by atoms with Crippen LogP contribution in [-0.2, 0) is 32.4 Å². The molecule has 2 aromatic heterocycles. The molecule has 0 saturated heterocycles. The molecule has 2 aromatic carbocycles. The van der Waals surface area contributed by atoms with Crippen LogP contribution in [0, 0.1) is 28.6 Å². The zero-order valence-corrected chi connectivity index (χ0v) is 40.8. The summed E-state index contributed by atoms with van der Waals surface area (Å²) in [5, 5.41) is 39.5. The Morgan fingerprint density at radius 2 is 1.72 bits per heavy atom. The molecule has 16 nitrogen and oxygen atoms in total. The van der Waals surface area contributed by atoms with Gasteiger partial charge in [-0.3, -0.25) is 14.4 Å². The minimum Gasteiger partial charge on any atom is -0.480 e. The van der Waals surface area contributed by atoms with Crippen LogP contribution in [0.2, 0.25) is 0 Å². The third kappa shape index (κ3) is 9.30. The fourth-order valence-corrected chi connectivity index (χ4v) is 13.3. The molecule has 366 valence electrons. The number of allylic oxidation sites excluding steroid dienone is 4. The number of amides is 2. The van der Waals surface area contributed by atoms with Gasteiger partial charge in [0.1, 0.15) is 6.04 Å². The third-order valence-electron chi connectivity index (χ3n) is 15.3. The molecule has 2 heterocycles. The molecule has 8 rings (SSSR count). The molecule has 4 aliphatic rings. The van der Waals surface area contributed by atoms with Crippen LogP contribution in [-0.4, -0.2) is 107 Å². The molecule has 4 aliphatic carbocycles. The van der Waals surface area contributed by atoms with Crippen molar-refractivity contribution in [3.8, 4) is 0 Å². The lowest BCUT2D eigenvalue weighted by atomic mass is 9.44. The summed E-state index contributed by atoms with van der Waals surface area (Å²) in [5.41, 5.74) is 10.8. The lowest BCUT2D eigenvalue weighted by Crippen LogP contribution is -2.70. The summed E-state index contributed by atoms with van der Waals surface area (Å²) in [7, 11) is 1.86. The number of aliphatic hydroxyl groups excluding tert-OH is 1. The Morgan fingerprint density at radius 1 is 1.01 bits per heavy atom. The van der Waals surface area contributed by atoms with Crippen molar-refractivity contribution < 1.29 is 38.9 Å². The van der Waals surface area contributed by atoms with Gasteiger partial charge in [-0.15, -0.1) is 0 Å². The number of hydrogen-bond donors (Lipinski definition) is 7. The number of carboxylic acid groups (broad SMARTS) is 1. The fraction of sp³-hybridized carbons (Fsp3) is 0.480. The summed E-state index contributed by atoms with van der Waals surface area (Å²) in [5.74, 6) is -1.10. The van der Waals surface area contributed by atoms with Gasteiger partial charge in [-0.25, -0.2) is 19.2 Å². The van der Waals surface area contributed by atoms with Crippen LogP contribution in [0.1, 0.15) is 80.1 Å². The van der Waals surface area contributed by atoms with Gasteiger partial charge >= 0.3 is 5.97 Å². The van der Waals surface area contributed by atoms with Gasteiger partial charge in [-0.05, 0) is 104 Å². The highest BCUT2D eigenvalue weighted by molar-refractivity contribution is 7.98. The van der Waals surface area contributed by atoms with E-state index in [4.69, 9.17) is 11.5 Å². The molecule has 5 unspecified atom stereocenters. The topological polar surface area (TPSA) is 260 Å². The minimum atomic E-state index is -2.03. The number of nitrogens with one attached hydrogen (secondary N) is 2. The Labute approximate surface area is 408 Å². The number of hydrogen-bond acceptors (Lipinski definition) is 15. The minimum absolute atomic E-state index is 0.0147. The summed E-state index contributed by atoms with van der Waals surface area (Å²) in [6, 6.07) is 13.8. The van der Waals surface area contributed by atoms with Crippen LogP contribution in [0.4, 0.5) is 21.8 Å². The number of ketones is 1. The third-order valence-corrected chi connectivity index (χ3v) is 17.3. The zero-order valence-electron chi connectivity index (χ0n) is 39.2. The number of carbonyl (C=O) groups excluding carboxylic acids is 3. The fourth-order valence-electron chi connectivity index (χ4n) is 11.6. The normalized spacial score (nSPS) is 28.5. The van der Waals surface area contributed by atoms with Gasteiger partial charge in [-0.1, -0.05) is 49.8 Å². The Bertz CT molecular complexity index is 2710. The molecule has 0 spiro atoms. The lowest BCUT2D eigenvalue weighted by molar-refractivity contribution is -0.219. The van der Waals surface area contributed by atoms with Gasteiger partial charge in [0.05, 0.1) is 24.5 Å². The van der Waals surface area contributed by atoms with Crippen molar-refractivity contribution >= 4 is 75.7 Å². The van der Waals surface area contributed by atoms with E-state index in [1.165, 1.54) is 12.2 Å². The van der Waals surface area contributed by atoms with Gasteiger partial charge in [0.15, 0.2) is 34.0 Å². The monoisotopic (exact) mass is 981 g/mol. The van der Waals surface area contributed by atoms with Crippen LogP contribution in [0.3, 0.4) is 0 Å². The highest BCUT2D eigenvalue weighted by Crippen LogP contribution is 2.70. The first-order valence-corrected chi connectivity index (χ1v) is 25.5. The molecular formula is C50H60FN9O7S2. The largest absolute Gasteiger partial charge is 0.480 e. The van der Waals surface area contributed by atoms with E-state index in [-0.39, 0.29) is 36.3 Å². The van der Waals surface area contributed by atoms with Crippen LogP contribution < -0.4 is 27.0 Å². The number of halogens is 1. The van der Waals surface area contributed by atoms with E-state index < -0.39 is 63.9 Å². The predicted octanol–water partition coefficient (Wildman–Crippen LogP) is 5.42. The van der Waals surface area contributed by atoms with Crippen molar-refractivity contribution in [1.82, 2.24) is 30.6 Å². The second-order valence-corrected chi connectivity index (χ2v) is 21.6. The lowest BCUT2D eigenvalue weighted by Gasteiger charge is -2.62.